The van der Waals surface area contributed by atoms with Crippen molar-refractivity contribution in [1.29, 1.82) is 0 Å². The first-order chi connectivity index (χ1) is 15.5. The number of carboxylic acids is 1. The van der Waals surface area contributed by atoms with Gasteiger partial charge in [0.05, 0.1) is 11.9 Å². The summed E-state index contributed by atoms with van der Waals surface area (Å²) in [4.78, 5) is 38.9. The first-order valence-electron chi connectivity index (χ1n) is 10.5. The van der Waals surface area contributed by atoms with Crippen LogP contribution in [0.15, 0.2) is 58.2 Å². The average Bonchev–Trinajstić information content (AvgIpc) is 3.26. The lowest BCUT2D eigenvalue weighted by Crippen LogP contribution is -2.70. The highest BCUT2D eigenvalue weighted by molar-refractivity contribution is 8.06. The zero-order valence-electron chi connectivity index (χ0n) is 17.6. The van der Waals surface area contributed by atoms with Crippen LogP contribution in [0.1, 0.15) is 32.6 Å². The Morgan fingerprint density at radius 1 is 1.25 bits per heavy atom. The molecule has 168 valence electrons. The van der Waals surface area contributed by atoms with Crippen LogP contribution in [0.3, 0.4) is 0 Å². The zero-order chi connectivity index (χ0) is 22.7. The number of rotatable bonds is 9. The Hall–Kier alpha value is -2.72. The van der Waals surface area contributed by atoms with E-state index in [9.17, 15) is 19.5 Å². The summed E-state index contributed by atoms with van der Waals surface area (Å²) in [5.74, 6) is -1.25. The van der Waals surface area contributed by atoms with Crippen molar-refractivity contribution < 1.29 is 19.5 Å². The third kappa shape index (κ3) is 4.42. The smallest absolute Gasteiger partial charge is 0.353 e. The van der Waals surface area contributed by atoms with E-state index in [4.69, 9.17) is 0 Å². The van der Waals surface area contributed by atoms with Crippen LogP contribution in [-0.4, -0.2) is 54.7 Å². The molecule has 0 radical (unpaired) electrons. The van der Waals surface area contributed by atoms with Gasteiger partial charge in [-0.2, -0.15) is 5.10 Å². The molecule has 0 saturated carbocycles. The summed E-state index contributed by atoms with van der Waals surface area (Å²) in [5, 5.41) is 17.4. The number of unbranched alkanes of at least 4 members (excludes halogenated alkanes) is 2. The molecule has 0 spiro atoms. The number of fused-ring (bicyclic) bond motifs is 1. The monoisotopic (exact) mass is 472 g/mol. The molecule has 2 aliphatic heterocycles. The lowest BCUT2D eigenvalue weighted by molar-refractivity contribution is -0.150. The molecule has 2 N–H and O–H groups in total. The van der Waals surface area contributed by atoms with Gasteiger partial charge in [-0.15, -0.1) is 11.8 Å². The van der Waals surface area contributed by atoms with Crippen LogP contribution in [0.2, 0.25) is 0 Å². The molecule has 2 amide bonds. The first-order valence-corrected chi connectivity index (χ1v) is 12.4. The first kappa shape index (κ1) is 22.5. The van der Waals surface area contributed by atoms with Crippen molar-refractivity contribution in [2.75, 3.05) is 5.75 Å². The third-order valence-corrected chi connectivity index (χ3v) is 7.86. The van der Waals surface area contributed by atoms with Crippen LogP contribution in [-0.2, 0) is 14.4 Å². The minimum absolute atomic E-state index is 0.0129. The molecule has 2 atom stereocenters. The summed E-state index contributed by atoms with van der Waals surface area (Å²) in [5.41, 5.74) is 0.853. The Morgan fingerprint density at radius 3 is 2.75 bits per heavy atom. The fourth-order valence-electron chi connectivity index (χ4n) is 3.71. The minimum atomic E-state index is -1.15. The van der Waals surface area contributed by atoms with Gasteiger partial charge in [-0.25, -0.2) is 9.48 Å². The second kappa shape index (κ2) is 9.83. The second-order valence-electron chi connectivity index (χ2n) is 7.51. The molecule has 0 bridgehead atoms. The van der Waals surface area contributed by atoms with Crippen molar-refractivity contribution in [1.82, 2.24) is 20.0 Å². The third-order valence-electron chi connectivity index (χ3n) is 5.30. The zero-order valence-corrected chi connectivity index (χ0v) is 19.2. The van der Waals surface area contributed by atoms with Crippen molar-refractivity contribution in [3.8, 4) is 5.69 Å². The Labute approximate surface area is 194 Å². The van der Waals surface area contributed by atoms with Crippen molar-refractivity contribution in [2.24, 2.45) is 0 Å². The maximum absolute atomic E-state index is 12.8. The molecule has 2 aromatic rings. The number of benzene rings is 1. The normalized spacial score (nSPS) is 20.0. The van der Waals surface area contributed by atoms with E-state index in [0.29, 0.717) is 17.1 Å². The molecular weight excluding hydrogens is 448 g/mol. The lowest BCUT2D eigenvalue weighted by atomic mass is 10.0. The maximum atomic E-state index is 12.8. The van der Waals surface area contributed by atoms with E-state index < -0.39 is 17.4 Å². The van der Waals surface area contributed by atoms with Crippen molar-refractivity contribution in [3.05, 3.63) is 53.2 Å². The fraction of sp³-hybridized carbons (Fsp3) is 0.364. The predicted octanol–water partition coefficient (Wildman–Crippen LogP) is 3.24. The number of carboxylic acid groups (broad SMARTS) is 1. The van der Waals surface area contributed by atoms with Gasteiger partial charge in [0.25, 0.3) is 5.91 Å². The number of aromatic nitrogens is 2. The second-order valence-corrected chi connectivity index (χ2v) is 9.73. The molecule has 4 rings (SSSR count). The summed E-state index contributed by atoms with van der Waals surface area (Å²) >= 11 is 2.76. The number of carbonyl (C=O) groups is 3. The van der Waals surface area contributed by atoms with E-state index >= 15 is 0 Å². The van der Waals surface area contributed by atoms with Gasteiger partial charge in [0.15, 0.2) is 0 Å². The number of nitrogens with zero attached hydrogens (tertiary/aromatic N) is 3. The topological polar surface area (TPSA) is 105 Å². The fourth-order valence-corrected chi connectivity index (χ4v) is 6.24. The van der Waals surface area contributed by atoms with Gasteiger partial charge in [-0.3, -0.25) is 14.5 Å². The summed E-state index contributed by atoms with van der Waals surface area (Å²) < 4.78 is 1.74. The number of nitrogens with one attached hydrogen (secondary N) is 1. The maximum Gasteiger partial charge on any atom is 0.353 e. The molecule has 8 nitrogen and oxygen atoms in total. The number of amides is 2. The van der Waals surface area contributed by atoms with Crippen LogP contribution < -0.4 is 5.32 Å². The Morgan fingerprint density at radius 2 is 2.03 bits per heavy atom. The van der Waals surface area contributed by atoms with Gasteiger partial charge in [-0.05, 0) is 24.6 Å². The number of para-hydroxylation sites is 1. The number of thioether (sulfide) groups is 2. The highest BCUT2D eigenvalue weighted by Crippen LogP contribution is 2.45. The van der Waals surface area contributed by atoms with E-state index in [1.807, 2.05) is 36.4 Å². The number of hydrogen-bond acceptors (Lipinski definition) is 6. The van der Waals surface area contributed by atoms with Crippen LogP contribution in [0.5, 0.6) is 0 Å². The molecule has 1 aromatic heterocycles. The molecule has 3 heterocycles. The molecule has 0 unspecified atom stereocenters. The van der Waals surface area contributed by atoms with Crippen molar-refractivity contribution in [3.63, 3.8) is 0 Å². The van der Waals surface area contributed by atoms with Gasteiger partial charge in [0.1, 0.15) is 22.1 Å². The number of hydrogen-bond donors (Lipinski definition) is 2. The van der Waals surface area contributed by atoms with E-state index in [2.05, 4.69) is 17.3 Å². The molecule has 10 heteroatoms. The van der Waals surface area contributed by atoms with Crippen LogP contribution >= 0.6 is 23.5 Å². The van der Waals surface area contributed by atoms with E-state index in [1.165, 1.54) is 28.4 Å². The SMILES string of the molecule is CCCCCC(=O)N[C@@H]1C(=O)N2C(C(=O)O)=C(Sc3ccnn3-c3ccccc3)CS[C@H]12. The standard InChI is InChI=1S/C22H24N4O4S2/c1-2-3-5-10-16(27)24-18-20(28)25-19(22(29)30)15(13-31-21(18)25)32-17-11-12-23-26(17)14-8-6-4-7-9-14/h4,6-9,11-12,18,21H,2-3,5,10,13H2,1H3,(H,24,27)(H,29,30)/t18-,21-/m1/s1. The highest BCUT2D eigenvalue weighted by atomic mass is 32.2. The minimum Gasteiger partial charge on any atom is -0.477 e. The Kier molecular flexibility index (Phi) is 6.90. The predicted molar refractivity (Wildman–Crippen MR) is 123 cm³/mol. The molecule has 32 heavy (non-hydrogen) atoms. The number of aliphatic carboxylic acids is 1. The number of carbonyl (C=O) groups excluding carboxylic acids is 2. The Bertz CT molecular complexity index is 1050. The summed E-state index contributed by atoms with van der Waals surface area (Å²) in [6, 6.07) is 10.7. The van der Waals surface area contributed by atoms with Gasteiger partial charge >= 0.3 is 5.97 Å². The average molecular weight is 473 g/mol. The van der Waals surface area contributed by atoms with Gasteiger partial charge in [0, 0.05) is 17.1 Å². The molecule has 1 fully saturated rings. The van der Waals surface area contributed by atoms with Gasteiger partial charge in [-0.1, -0.05) is 49.7 Å². The molecular formula is C22H24N4O4S2. The van der Waals surface area contributed by atoms with Crippen LogP contribution in [0, 0.1) is 0 Å². The largest absolute Gasteiger partial charge is 0.477 e. The lowest BCUT2D eigenvalue weighted by Gasteiger charge is -2.49. The van der Waals surface area contributed by atoms with E-state index in [1.54, 1.807) is 10.9 Å². The van der Waals surface area contributed by atoms with Crippen molar-refractivity contribution >= 4 is 41.3 Å². The Balaban J connectivity index is 1.52. The van der Waals surface area contributed by atoms with Crippen LogP contribution in [0.4, 0.5) is 0 Å². The molecule has 0 aliphatic carbocycles. The summed E-state index contributed by atoms with van der Waals surface area (Å²) in [6.07, 6.45) is 4.79. The molecule has 1 aromatic carbocycles. The molecule has 1 saturated heterocycles. The van der Waals surface area contributed by atoms with E-state index in [-0.39, 0.29) is 17.5 Å². The van der Waals surface area contributed by atoms with Gasteiger partial charge in [0.2, 0.25) is 5.91 Å². The van der Waals surface area contributed by atoms with Crippen LogP contribution in [0.25, 0.3) is 5.69 Å². The summed E-state index contributed by atoms with van der Waals surface area (Å²) in [7, 11) is 0. The summed E-state index contributed by atoms with van der Waals surface area (Å²) in [6.45, 7) is 2.06. The molecule has 2 aliphatic rings. The highest BCUT2D eigenvalue weighted by Gasteiger charge is 2.54. The van der Waals surface area contributed by atoms with E-state index in [0.717, 1.165) is 30.0 Å². The van der Waals surface area contributed by atoms with Gasteiger partial charge < -0.3 is 10.4 Å². The number of β-lactam (4-membered cyclic amide) rings is 1. The van der Waals surface area contributed by atoms with Crippen molar-refractivity contribution in [2.45, 2.75) is 49.0 Å². The quantitative estimate of drug-likeness (QED) is 0.426.